The lowest BCUT2D eigenvalue weighted by atomic mass is 10.1. The summed E-state index contributed by atoms with van der Waals surface area (Å²) in [5.74, 6) is -2.03. The summed E-state index contributed by atoms with van der Waals surface area (Å²) in [6, 6.07) is 16.6. The third-order valence-corrected chi connectivity index (χ3v) is 3.75. The van der Waals surface area contributed by atoms with E-state index in [0.29, 0.717) is 11.1 Å². The summed E-state index contributed by atoms with van der Waals surface area (Å²) in [6.45, 7) is 1.39. The van der Waals surface area contributed by atoms with Crippen LogP contribution >= 0.6 is 0 Å². The van der Waals surface area contributed by atoms with E-state index < -0.39 is 23.8 Å². The molecular weight excluding hydrogens is 336 g/mol. The van der Waals surface area contributed by atoms with Crippen molar-refractivity contribution in [3.05, 3.63) is 83.3 Å². The van der Waals surface area contributed by atoms with E-state index in [4.69, 9.17) is 14.2 Å². The molecule has 1 aliphatic heterocycles. The summed E-state index contributed by atoms with van der Waals surface area (Å²) >= 11 is 0. The maximum absolute atomic E-state index is 12.6. The topological polar surface area (TPSA) is 78.9 Å². The molecule has 1 heterocycles. The van der Waals surface area contributed by atoms with E-state index in [9.17, 15) is 14.4 Å². The zero-order valence-electron chi connectivity index (χ0n) is 14.0. The quantitative estimate of drug-likeness (QED) is 0.787. The standard InChI is InChI=1S/C20H16O6/c1-13-18(26-20(23)15-10-6-3-7-11-15)17(21)16(12-24-13)25-19(22)14-8-4-2-5-9-14/h2-11,16H,12H2,1H3. The van der Waals surface area contributed by atoms with Crippen molar-refractivity contribution in [3.63, 3.8) is 0 Å². The predicted octanol–water partition coefficient (Wildman–Crippen LogP) is 2.90. The molecule has 132 valence electrons. The van der Waals surface area contributed by atoms with Gasteiger partial charge in [-0.1, -0.05) is 36.4 Å². The molecule has 0 fully saturated rings. The zero-order valence-corrected chi connectivity index (χ0v) is 14.0. The Labute approximate surface area is 150 Å². The smallest absolute Gasteiger partial charge is 0.343 e. The van der Waals surface area contributed by atoms with Crippen LogP contribution in [-0.2, 0) is 19.0 Å². The molecule has 6 nitrogen and oxygen atoms in total. The van der Waals surface area contributed by atoms with E-state index in [1.807, 2.05) is 0 Å². The molecule has 0 spiro atoms. The lowest BCUT2D eigenvalue weighted by Gasteiger charge is -2.24. The molecule has 3 rings (SSSR count). The van der Waals surface area contributed by atoms with Crippen molar-refractivity contribution in [1.82, 2.24) is 0 Å². The SMILES string of the molecule is CC1=C(OC(=O)c2ccccc2)C(=O)C(OC(=O)c2ccccc2)CO1. The van der Waals surface area contributed by atoms with Crippen LogP contribution in [0.5, 0.6) is 0 Å². The Balaban J connectivity index is 1.72. The van der Waals surface area contributed by atoms with E-state index in [0.717, 1.165) is 0 Å². The highest BCUT2D eigenvalue weighted by molar-refractivity contribution is 6.03. The first-order chi connectivity index (χ1) is 12.6. The van der Waals surface area contributed by atoms with Gasteiger partial charge in [0, 0.05) is 0 Å². The third-order valence-electron chi connectivity index (χ3n) is 3.75. The largest absolute Gasteiger partial charge is 0.490 e. The van der Waals surface area contributed by atoms with Crippen LogP contribution in [-0.4, -0.2) is 30.4 Å². The van der Waals surface area contributed by atoms with E-state index in [1.165, 1.54) is 6.92 Å². The van der Waals surface area contributed by atoms with Gasteiger partial charge >= 0.3 is 11.9 Å². The van der Waals surface area contributed by atoms with Gasteiger partial charge in [-0.05, 0) is 31.2 Å². The molecule has 26 heavy (non-hydrogen) atoms. The highest BCUT2D eigenvalue weighted by Crippen LogP contribution is 2.21. The van der Waals surface area contributed by atoms with Crippen molar-refractivity contribution in [3.8, 4) is 0 Å². The van der Waals surface area contributed by atoms with Crippen molar-refractivity contribution >= 4 is 17.7 Å². The molecule has 1 unspecified atom stereocenters. The Hall–Kier alpha value is -3.41. The number of ether oxygens (including phenoxy) is 3. The van der Waals surface area contributed by atoms with E-state index in [-0.39, 0.29) is 18.1 Å². The minimum Gasteiger partial charge on any atom is -0.490 e. The minimum absolute atomic E-state index is 0.129. The van der Waals surface area contributed by atoms with Crippen LogP contribution in [0.1, 0.15) is 27.6 Å². The molecule has 0 N–H and O–H groups in total. The summed E-state index contributed by atoms with van der Waals surface area (Å²) < 4.78 is 15.8. The average Bonchev–Trinajstić information content (AvgIpc) is 2.68. The molecule has 0 radical (unpaired) electrons. The van der Waals surface area contributed by atoms with Crippen molar-refractivity contribution in [1.29, 1.82) is 0 Å². The molecule has 0 saturated heterocycles. The number of esters is 2. The van der Waals surface area contributed by atoms with Crippen molar-refractivity contribution in [2.45, 2.75) is 13.0 Å². The van der Waals surface area contributed by atoms with Crippen LogP contribution < -0.4 is 0 Å². The molecule has 0 bridgehead atoms. The van der Waals surface area contributed by atoms with Gasteiger partial charge in [0.15, 0.2) is 0 Å². The van der Waals surface area contributed by atoms with Gasteiger partial charge in [0.1, 0.15) is 12.4 Å². The van der Waals surface area contributed by atoms with Crippen molar-refractivity contribution in [2.75, 3.05) is 6.61 Å². The van der Waals surface area contributed by atoms with Crippen LogP contribution in [0, 0.1) is 0 Å². The van der Waals surface area contributed by atoms with Gasteiger partial charge in [-0.25, -0.2) is 9.59 Å². The number of hydrogen-bond acceptors (Lipinski definition) is 6. The summed E-state index contributed by atoms with van der Waals surface area (Å²) in [7, 11) is 0. The fourth-order valence-corrected chi connectivity index (χ4v) is 2.37. The lowest BCUT2D eigenvalue weighted by Crippen LogP contribution is -2.38. The molecule has 0 saturated carbocycles. The normalized spacial score (nSPS) is 16.7. The molecule has 0 amide bonds. The van der Waals surface area contributed by atoms with Gasteiger partial charge in [-0.3, -0.25) is 4.79 Å². The van der Waals surface area contributed by atoms with E-state index in [2.05, 4.69) is 0 Å². The molecule has 2 aromatic rings. The summed E-state index contributed by atoms with van der Waals surface area (Å²) in [5.41, 5.74) is 0.610. The molecule has 0 aliphatic carbocycles. The maximum atomic E-state index is 12.6. The number of Topliss-reactive ketones (excluding diaryl/α,β-unsaturated/α-hetero) is 1. The number of carbonyl (C=O) groups excluding carboxylic acids is 3. The Morgan fingerprint density at radius 1 is 0.923 bits per heavy atom. The molecular formula is C20H16O6. The van der Waals surface area contributed by atoms with Crippen LogP contribution in [0.15, 0.2) is 72.2 Å². The van der Waals surface area contributed by atoms with Gasteiger partial charge < -0.3 is 14.2 Å². The highest BCUT2D eigenvalue weighted by Gasteiger charge is 2.35. The van der Waals surface area contributed by atoms with Crippen LogP contribution in [0.4, 0.5) is 0 Å². The second-order valence-electron chi connectivity index (χ2n) is 5.58. The summed E-state index contributed by atoms with van der Waals surface area (Å²) in [5, 5.41) is 0. The first kappa shape index (κ1) is 17.4. The first-order valence-electron chi connectivity index (χ1n) is 7.97. The number of rotatable bonds is 4. The average molecular weight is 352 g/mol. The fourth-order valence-electron chi connectivity index (χ4n) is 2.37. The molecule has 0 aromatic heterocycles. The maximum Gasteiger partial charge on any atom is 0.343 e. The Kier molecular flexibility index (Phi) is 5.12. The number of ketones is 1. The van der Waals surface area contributed by atoms with Crippen LogP contribution in [0.2, 0.25) is 0 Å². The number of hydrogen-bond donors (Lipinski definition) is 0. The highest BCUT2D eigenvalue weighted by atomic mass is 16.6. The Morgan fingerprint density at radius 3 is 2.04 bits per heavy atom. The molecule has 2 aromatic carbocycles. The third kappa shape index (κ3) is 3.80. The fraction of sp³-hybridized carbons (Fsp3) is 0.150. The van der Waals surface area contributed by atoms with Crippen molar-refractivity contribution in [2.24, 2.45) is 0 Å². The predicted molar refractivity (Wildman–Crippen MR) is 91.2 cm³/mol. The second kappa shape index (κ2) is 7.65. The van der Waals surface area contributed by atoms with Crippen LogP contribution in [0.3, 0.4) is 0 Å². The van der Waals surface area contributed by atoms with Gasteiger partial charge in [-0.15, -0.1) is 0 Å². The van der Waals surface area contributed by atoms with Gasteiger partial charge in [0.05, 0.1) is 11.1 Å². The monoisotopic (exact) mass is 352 g/mol. The number of benzene rings is 2. The Morgan fingerprint density at radius 2 is 1.46 bits per heavy atom. The summed E-state index contributed by atoms with van der Waals surface area (Å²) in [6.07, 6.45) is -1.18. The second-order valence-corrected chi connectivity index (χ2v) is 5.58. The molecule has 6 heteroatoms. The zero-order chi connectivity index (χ0) is 18.5. The summed E-state index contributed by atoms with van der Waals surface area (Å²) in [4.78, 5) is 36.9. The minimum atomic E-state index is -1.18. The molecule has 1 aliphatic rings. The Bertz CT molecular complexity index is 854. The number of carbonyl (C=O) groups is 3. The lowest BCUT2D eigenvalue weighted by molar-refractivity contribution is -0.132. The number of allylic oxidation sites excluding steroid dienone is 1. The van der Waals surface area contributed by atoms with Gasteiger partial charge in [0.25, 0.3) is 0 Å². The van der Waals surface area contributed by atoms with Gasteiger partial charge in [0.2, 0.25) is 17.6 Å². The van der Waals surface area contributed by atoms with E-state index in [1.54, 1.807) is 60.7 Å². The molecule has 1 atom stereocenters. The van der Waals surface area contributed by atoms with E-state index >= 15 is 0 Å². The first-order valence-corrected chi connectivity index (χ1v) is 7.97. The van der Waals surface area contributed by atoms with Crippen molar-refractivity contribution < 1.29 is 28.6 Å². The van der Waals surface area contributed by atoms with Crippen LogP contribution in [0.25, 0.3) is 0 Å². The van der Waals surface area contributed by atoms with Gasteiger partial charge in [-0.2, -0.15) is 0 Å².